The highest BCUT2D eigenvalue weighted by Gasteiger charge is 2.29. The molecule has 1 rings (SSSR count). The van der Waals surface area contributed by atoms with Gasteiger partial charge in [-0.25, -0.2) is 4.79 Å². The normalized spacial score (nSPS) is 15.1. The fraction of sp³-hybridized carbons (Fsp3) is 0.731. The number of amides is 1. The second kappa shape index (κ2) is 15.8. The minimum absolute atomic E-state index is 0.0405. The molecule has 1 amide bonds. The van der Waals surface area contributed by atoms with Crippen molar-refractivity contribution in [3.05, 3.63) is 23.8 Å². The molecular weight excluding hydrogens is 438 g/mol. The summed E-state index contributed by atoms with van der Waals surface area (Å²) in [6.45, 7) is 9.27. The Hall–Kier alpha value is -2.03. The molecular formula is C26H45NO7. The van der Waals surface area contributed by atoms with E-state index in [0.29, 0.717) is 44.0 Å². The van der Waals surface area contributed by atoms with Crippen molar-refractivity contribution in [3.8, 4) is 11.5 Å². The number of ether oxygens (including phenoxy) is 3. The first-order chi connectivity index (χ1) is 16.1. The van der Waals surface area contributed by atoms with Crippen LogP contribution in [0.5, 0.6) is 11.5 Å². The summed E-state index contributed by atoms with van der Waals surface area (Å²) in [4.78, 5) is 11.5. The van der Waals surface area contributed by atoms with Gasteiger partial charge in [-0.15, -0.1) is 0 Å². The van der Waals surface area contributed by atoms with Crippen LogP contribution in [0.4, 0.5) is 4.79 Å². The van der Waals surface area contributed by atoms with Crippen LogP contribution in [0.25, 0.3) is 0 Å². The lowest BCUT2D eigenvalue weighted by molar-refractivity contribution is 0.0581. The lowest BCUT2D eigenvalue weighted by atomic mass is 9.81. The molecule has 1 aromatic carbocycles. The molecule has 34 heavy (non-hydrogen) atoms. The Labute approximate surface area is 204 Å². The Kier molecular flexibility index (Phi) is 13.9. The summed E-state index contributed by atoms with van der Waals surface area (Å²) in [5.74, 6) is 1.80. The largest absolute Gasteiger partial charge is 0.493 e. The molecule has 0 aliphatic heterocycles. The zero-order chi connectivity index (χ0) is 25.7. The van der Waals surface area contributed by atoms with Gasteiger partial charge in [0.15, 0.2) is 11.5 Å². The summed E-state index contributed by atoms with van der Waals surface area (Å²) in [6.07, 6.45) is 0.252. The highest BCUT2D eigenvalue weighted by atomic mass is 16.5. The maximum Gasteiger partial charge on any atom is 0.404 e. The summed E-state index contributed by atoms with van der Waals surface area (Å²) >= 11 is 0. The predicted octanol–water partition coefficient (Wildman–Crippen LogP) is 3.97. The van der Waals surface area contributed by atoms with Gasteiger partial charge in [0.05, 0.1) is 25.9 Å². The number of benzene rings is 1. The summed E-state index contributed by atoms with van der Waals surface area (Å²) in [6, 6.07) is 5.22. The van der Waals surface area contributed by atoms with Gasteiger partial charge < -0.3 is 34.8 Å². The molecule has 0 unspecified atom stereocenters. The molecule has 0 spiro atoms. The van der Waals surface area contributed by atoms with Crippen LogP contribution in [0.3, 0.4) is 0 Å². The number of rotatable bonds is 17. The number of carbonyl (C=O) groups is 1. The molecule has 4 atom stereocenters. The van der Waals surface area contributed by atoms with Crippen LogP contribution in [0.2, 0.25) is 0 Å². The second-order valence-corrected chi connectivity index (χ2v) is 9.67. The highest BCUT2D eigenvalue weighted by Crippen LogP contribution is 2.32. The Balaban J connectivity index is 3.00. The number of hydrogen-bond acceptors (Lipinski definition) is 6. The van der Waals surface area contributed by atoms with Crippen LogP contribution in [0.1, 0.15) is 52.5 Å². The molecule has 0 aliphatic carbocycles. The summed E-state index contributed by atoms with van der Waals surface area (Å²) < 4.78 is 16.4. The number of aliphatic hydroxyl groups excluding tert-OH is 2. The van der Waals surface area contributed by atoms with Crippen molar-refractivity contribution in [2.45, 2.75) is 65.5 Å². The van der Waals surface area contributed by atoms with Crippen LogP contribution in [-0.2, 0) is 11.2 Å². The average Bonchev–Trinajstić information content (AvgIpc) is 2.78. The molecule has 0 bridgehead atoms. The summed E-state index contributed by atoms with van der Waals surface area (Å²) in [7, 11) is 3.26. The third-order valence-corrected chi connectivity index (χ3v) is 6.47. The van der Waals surface area contributed by atoms with Gasteiger partial charge >= 0.3 is 6.09 Å². The molecule has 0 saturated carbocycles. The van der Waals surface area contributed by atoms with Gasteiger partial charge in [0.25, 0.3) is 0 Å². The van der Waals surface area contributed by atoms with Crippen LogP contribution < -0.4 is 14.8 Å². The number of aliphatic hydroxyl groups is 2. The Morgan fingerprint density at radius 3 is 2.21 bits per heavy atom. The van der Waals surface area contributed by atoms with E-state index >= 15 is 0 Å². The molecule has 8 heteroatoms. The van der Waals surface area contributed by atoms with Gasteiger partial charge in [-0.2, -0.15) is 0 Å². The van der Waals surface area contributed by atoms with Gasteiger partial charge in [0, 0.05) is 26.7 Å². The number of methoxy groups -OCH3 is 2. The van der Waals surface area contributed by atoms with E-state index in [-0.39, 0.29) is 30.3 Å². The first-order valence-electron chi connectivity index (χ1n) is 12.2. The van der Waals surface area contributed by atoms with Gasteiger partial charge in [-0.05, 0) is 60.6 Å². The third-order valence-electron chi connectivity index (χ3n) is 6.47. The fourth-order valence-corrected chi connectivity index (χ4v) is 4.07. The number of carboxylic acid groups (broad SMARTS) is 1. The molecule has 0 saturated heterocycles. The van der Waals surface area contributed by atoms with Crippen molar-refractivity contribution >= 4 is 6.09 Å². The van der Waals surface area contributed by atoms with Crippen LogP contribution in [0.15, 0.2) is 18.2 Å². The van der Waals surface area contributed by atoms with Crippen molar-refractivity contribution in [1.29, 1.82) is 0 Å². The van der Waals surface area contributed by atoms with Gasteiger partial charge in [0.1, 0.15) is 0 Å². The monoisotopic (exact) mass is 483 g/mol. The van der Waals surface area contributed by atoms with E-state index in [1.165, 1.54) is 0 Å². The van der Waals surface area contributed by atoms with E-state index in [1.807, 2.05) is 32.0 Å². The van der Waals surface area contributed by atoms with Crippen LogP contribution >= 0.6 is 0 Å². The Morgan fingerprint density at radius 2 is 1.68 bits per heavy atom. The Morgan fingerprint density at radius 1 is 1.00 bits per heavy atom. The topological polar surface area (TPSA) is 117 Å². The zero-order valence-electron chi connectivity index (χ0n) is 21.6. The van der Waals surface area contributed by atoms with Crippen molar-refractivity contribution < 1.29 is 34.3 Å². The third kappa shape index (κ3) is 10.5. The minimum Gasteiger partial charge on any atom is -0.493 e. The Bertz CT molecular complexity index is 710. The molecule has 0 heterocycles. The second-order valence-electron chi connectivity index (χ2n) is 9.67. The zero-order valence-corrected chi connectivity index (χ0v) is 21.6. The minimum atomic E-state index is -1.16. The average molecular weight is 484 g/mol. The molecule has 0 aromatic heterocycles. The molecule has 0 radical (unpaired) electrons. The highest BCUT2D eigenvalue weighted by molar-refractivity contribution is 5.64. The fourth-order valence-electron chi connectivity index (χ4n) is 4.07. The van der Waals surface area contributed by atoms with Gasteiger partial charge in [-0.3, -0.25) is 0 Å². The first-order valence-corrected chi connectivity index (χ1v) is 12.2. The van der Waals surface area contributed by atoms with Crippen LogP contribution in [0, 0.1) is 23.7 Å². The number of hydrogen-bond donors (Lipinski definition) is 4. The van der Waals surface area contributed by atoms with E-state index in [9.17, 15) is 20.1 Å². The standard InChI is InChI=1S/C26H45NO7/c1-17(2)20(14-22(27-26(30)31)23(29)15-21(16-28)18(3)4)12-19-8-9-24(33-6)25(13-19)34-11-7-10-32-5/h8-9,13,17-18,20-23,27-29H,7,10-12,14-16H2,1-6H3,(H,30,31)/t20-,21+,22-,23-/m0/s1. The summed E-state index contributed by atoms with van der Waals surface area (Å²) in [5.41, 5.74) is 1.06. The van der Waals surface area contributed by atoms with Crippen molar-refractivity contribution in [2.75, 3.05) is 34.0 Å². The predicted molar refractivity (Wildman–Crippen MR) is 133 cm³/mol. The lowest BCUT2D eigenvalue weighted by Crippen LogP contribution is -2.46. The smallest absolute Gasteiger partial charge is 0.404 e. The SMILES string of the molecule is COCCCOc1cc(C[C@@H](C[C@H](NC(=O)O)[C@@H](O)C[C@H](CO)C(C)C)C(C)C)ccc1OC. The molecule has 0 aliphatic rings. The molecule has 0 fully saturated rings. The molecule has 196 valence electrons. The first kappa shape index (κ1) is 30.0. The van der Waals surface area contributed by atoms with Gasteiger partial charge in [0.2, 0.25) is 0 Å². The van der Waals surface area contributed by atoms with Crippen LogP contribution in [-0.4, -0.2) is 67.6 Å². The molecule has 4 N–H and O–H groups in total. The van der Waals surface area contributed by atoms with Gasteiger partial charge in [-0.1, -0.05) is 33.8 Å². The van der Waals surface area contributed by atoms with Crippen molar-refractivity contribution in [1.82, 2.24) is 5.32 Å². The van der Waals surface area contributed by atoms with E-state index < -0.39 is 18.2 Å². The van der Waals surface area contributed by atoms with E-state index in [2.05, 4.69) is 19.2 Å². The van der Waals surface area contributed by atoms with Crippen molar-refractivity contribution in [2.24, 2.45) is 23.7 Å². The molecule has 1 aromatic rings. The quantitative estimate of drug-likeness (QED) is 0.248. The molecule has 8 nitrogen and oxygen atoms in total. The van der Waals surface area contributed by atoms with E-state index in [1.54, 1.807) is 14.2 Å². The maximum atomic E-state index is 11.5. The van der Waals surface area contributed by atoms with Crippen molar-refractivity contribution in [3.63, 3.8) is 0 Å². The van der Waals surface area contributed by atoms with E-state index in [4.69, 9.17) is 14.2 Å². The maximum absolute atomic E-state index is 11.5. The van der Waals surface area contributed by atoms with E-state index in [0.717, 1.165) is 12.0 Å². The lowest BCUT2D eigenvalue weighted by Gasteiger charge is -2.32. The summed E-state index contributed by atoms with van der Waals surface area (Å²) in [5, 5.41) is 32.4. The number of nitrogens with one attached hydrogen (secondary N) is 1.